The summed E-state index contributed by atoms with van der Waals surface area (Å²) in [6, 6.07) is 5.99. The number of amides is 1. The number of hydrogen-bond acceptors (Lipinski definition) is 2. The molecule has 0 aromatic heterocycles. The predicted octanol–water partition coefficient (Wildman–Crippen LogP) is 2.78. The van der Waals surface area contributed by atoms with Gasteiger partial charge in [0.2, 0.25) is 5.91 Å². The monoisotopic (exact) mass is 266 g/mol. The van der Waals surface area contributed by atoms with Crippen molar-refractivity contribution in [3.63, 3.8) is 0 Å². The Morgan fingerprint density at radius 2 is 1.79 bits per heavy atom. The molecule has 0 fully saturated rings. The van der Waals surface area contributed by atoms with Crippen LogP contribution >= 0.6 is 0 Å². The van der Waals surface area contributed by atoms with Crippen molar-refractivity contribution in [2.75, 3.05) is 0 Å². The first-order chi connectivity index (χ1) is 8.70. The zero-order chi connectivity index (χ0) is 14.6. The molecular weight excluding hydrogens is 243 g/mol. The van der Waals surface area contributed by atoms with Crippen molar-refractivity contribution < 1.29 is 9.18 Å². The Hall–Kier alpha value is -1.42. The molecule has 0 saturated carbocycles. The fraction of sp³-hybridized carbons (Fsp3) is 0.533. The lowest BCUT2D eigenvalue weighted by atomic mass is 10.1. The summed E-state index contributed by atoms with van der Waals surface area (Å²) in [5.74, 6) is -0.346. The van der Waals surface area contributed by atoms with Crippen LogP contribution in [0.25, 0.3) is 0 Å². The number of carbonyl (C=O) groups is 1. The molecule has 0 bridgehead atoms. The number of hydrogen-bond donors (Lipinski definition) is 2. The van der Waals surface area contributed by atoms with Crippen LogP contribution in [0.3, 0.4) is 0 Å². The molecule has 0 aliphatic heterocycles. The number of rotatable bonds is 4. The summed E-state index contributed by atoms with van der Waals surface area (Å²) in [4.78, 5) is 11.9. The minimum absolute atomic E-state index is 0.0873. The van der Waals surface area contributed by atoms with Crippen LogP contribution in [0.5, 0.6) is 0 Å². The van der Waals surface area contributed by atoms with Crippen molar-refractivity contribution >= 4 is 5.91 Å². The molecule has 0 spiro atoms. The SMILES string of the molecule is C[C@@H](N[C@H](C)c1ccccc1F)C(=O)NC(C)(C)C. The van der Waals surface area contributed by atoms with Crippen molar-refractivity contribution in [3.8, 4) is 0 Å². The fourth-order valence-electron chi connectivity index (χ4n) is 1.84. The molecule has 19 heavy (non-hydrogen) atoms. The highest BCUT2D eigenvalue weighted by atomic mass is 19.1. The molecule has 1 amide bonds. The summed E-state index contributed by atoms with van der Waals surface area (Å²) in [5.41, 5.74) is 0.298. The molecule has 1 aromatic rings. The van der Waals surface area contributed by atoms with Gasteiger partial charge in [0.15, 0.2) is 0 Å². The third-order valence-corrected chi connectivity index (χ3v) is 2.76. The minimum Gasteiger partial charge on any atom is -0.350 e. The van der Waals surface area contributed by atoms with Crippen molar-refractivity contribution in [1.29, 1.82) is 0 Å². The number of benzene rings is 1. The van der Waals surface area contributed by atoms with Gasteiger partial charge in [-0.25, -0.2) is 4.39 Å². The maximum absolute atomic E-state index is 13.6. The summed E-state index contributed by atoms with van der Waals surface area (Å²) in [7, 11) is 0. The van der Waals surface area contributed by atoms with E-state index in [9.17, 15) is 9.18 Å². The van der Waals surface area contributed by atoms with Gasteiger partial charge in [-0.2, -0.15) is 0 Å². The molecule has 0 aliphatic rings. The molecule has 3 nitrogen and oxygen atoms in total. The van der Waals surface area contributed by atoms with Crippen LogP contribution < -0.4 is 10.6 Å². The van der Waals surface area contributed by atoms with E-state index < -0.39 is 0 Å². The standard InChI is InChI=1S/C15H23FN2O/c1-10(12-8-6-7-9-13(12)16)17-11(2)14(19)18-15(3,4)5/h6-11,17H,1-5H3,(H,18,19)/t10-,11-/m1/s1. The Morgan fingerprint density at radius 1 is 1.21 bits per heavy atom. The zero-order valence-electron chi connectivity index (χ0n) is 12.3. The van der Waals surface area contributed by atoms with Gasteiger partial charge in [-0.05, 0) is 40.7 Å². The summed E-state index contributed by atoms with van der Waals surface area (Å²) < 4.78 is 13.6. The molecular formula is C15H23FN2O. The summed E-state index contributed by atoms with van der Waals surface area (Å²) in [6.45, 7) is 9.41. The third-order valence-electron chi connectivity index (χ3n) is 2.76. The predicted molar refractivity (Wildman–Crippen MR) is 75.3 cm³/mol. The average molecular weight is 266 g/mol. The third kappa shape index (κ3) is 4.99. The van der Waals surface area contributed by atoms with E-state index in [2.05, 4.69) is 10.6 Å². The minimum atomic E-state index is -0.381. The van der Waals surface area contributed by atoms with Crippen molar-refractivity contribution in [3.05, 3.63) is 35.6 Å². The molecule has 0 aliphatic carbocycles. The van der Waals surface area contributed by atoms with Gasteiger partial charge in [0.25, 0.3) is 0 Å². The molecule has 0 saturated heterocycles. The fourth-order valence-corrected chi connectivity index (χ4v) is 1.84. The second kappa shape index (κ2) is 6.15. The highest BCUT2D eigenvalue weighted by molar-refractivity contribution is 5.81. The van der Waals surface area contributed by atoms with Crippen LogP contribution in [0.1, 0.15) is 46.2 Å². The van der Waals surface area contributed by atoms with E-state index in [-0.39, 0.29) is 29.3 Å². The normalized spacial score (nSPS) is 14.8. The highest BCUT2D eigenvalue weighted by Gasteiger charge is 2.21. The first-order valence-corrected chi connectivity index (χ1v) is 6.53. The van der Waals surface area contributed by atoms with E-state index in [1.54, 1.807) is 25.1 Å². The van der Waals surface area contributed by atoms with Crippen molar-refractivity contribution in [2.24, 2.45) is 0 Å². The molecule has 2 N–H and O–H groups in total. The summed E-state index contributed by atoms with van der Waals surface area (Å²) in [6.07, 6.45) is 0. The van der Waals surface area contributed by atoms with E-state index in [0.29, 0.717) is 5.56 Å². The average Bonchev–Trinajstić information content (AvgIpc) is 2.27. The van der Waals surface area contributed by atoms with E-state index in [1.165, 1.54) is 6.07 Å². The van der Waals surface area contributed by atoms with Gasteiger partial charge in [-0.15, -0.1) is 0 Å². The van der Waals surface area contributed by atoms with Crippen LogP contribution in [0, 0.1) is 5.82 Å². The zero-order valence-corrected chi connectivity index (χ0v) is 12.3. The smallest absolute Gasteiger partial charge is 0.237 e. The second-order valence-electron chi connectivity index (χ2n) is 5.87. The largest absolute Gasteiger partial charge is 0.350 e. The molecule has 4 heteroatoms. The molecule has 0 heterocycles. The van der Waals surface area contributed by atoms with Crippen LogP contribution in [0.4, 0.5) is 4.39 Å². The van der Waals surface area contributed by atoms with Crippen LogP contribution in [0.15, 0.2) is 24.3 Å². The number of nitrogens with one attached hydrogen (secondary N) is 2. The van der Waals surface area contributed by atoms with Gasteiger partial charge < -0.3 is 5.32 Å². The Morgan fingerprint density at radius 3 is 2.32 bits per heavy atom. The van der Waals surface area contributed by atoms with Crippen molar-refractivity contribution in [1.82, 2.24) is 10.6 Å². The second-order valence-corrected chi connectivity index (χ2v) is 5.87. The quantitative estimate of drug-likeness (QED) is 0.880. The maximum atomic E-state index is 13.6. The van der Waals surface area contributed by atoms with E-state index in [1.807, 2.05) is 27.7 Å². The van der Waals surface area contributed by atoms with Gasteiger partial charge >= 0.3 is 0 Å². The van der Waals surface area contributed by atoms with E-state index in [4.69, 9.17) is 0 Å². The Balaban J connectivity index is 2.64. The highest BCUT2D eigenvalue weighted by Crippen LogP contribution is 2.16. The van der Waals surface area contributed by atoms with Gasteiger partial charge in [-0.1, -0.05) is 18.2 Å². The summed E-state index contributed by atoms with van der Waals surface area (Å²) in [5, 5.41) is 6.00. The Labute approximate surface area is 114 Å². The lowest BCUT2D eigenvalue weighted by Crippen LogP contribution is -2.50. The lowest BCUT2D eigenvalue weighted by Gasteiger charge is -2.25. The van der Waals surface area contributed by atoms with Crippen LogP contribution in [-0.2, 0) is 4.79 Å². The van der Waals surface area contributed by atoms with E-state index >= 15 is 0 Å². The maximum Gasteiger partial charge on any atom is 0.237 e. The lowest BCUT2D eigenvalue weighted by molar-refractivity contribution is -0.124. The molecule has 0 unspecified atom stereocenters. The Bertz CT molecular complexity index is 440. The first kappa shape index (κ1) is 15.6. The van der Waals surface area contributed by atoms with Crippen LogP contribution in [0.2, 0.25) is 0 Å². The van der Waals surface area contributed by atoms with Gasteiger partial charge in [0.1, 0.15) is 5.82 Å². The Kier molecular flexibility index (Phi) is 5.06. The molecule has 0 radical (unpaired) electrons. The van der Waals surface area contributed by atoms with Gasteiger partial charge in [0, 0.05) is 17.1 Å². The van der Waals surface area contributed by atoms with Gasteiger partial charge in [0.05, 0.1) is 6.04 Å². The summed E-state index contributed by atoms with van der Waals surface area (Å²) >= 11 is 0. The number of halogens is 1. The molecule has 2 atom stereocenters. The topological polar surface area (TPSA) is 41.1 Å². The molecule has 106 valence electrons. The van der Waals surface area contributed by atoms with E-state index in [0.717, 1.165) is 0 Å². The molecule has 1 rings (SSSR count). The van der Waals surface area contributed by atoms with Crippen molar-refractivity contribution in [2.45, 2.75) is 52.2 Å². The first-order valence-electron chi connectivity index (χ1n) is 6.53. The van der Waals surface area contributed by atoms with Crippen LogP contribution in [-0.4, -0.2) is 17.5 Å². The van der Waals surface area contributed by atoms with Gasteiger partial charge in [-0.3, -0.25) is 10.1 Å². The molecule has 1 aromatic carbocycles. The number of carbonyl (C=O) groups excluding carboxylic acids is 1.